The molecule has 1 atom stereocenters. The van der Waals surface area contributed by atoms with Gasteiger partial charge in [0.25, 0.3) is 0 Å². The van der Waals surface area contributed by atoms with Gasteiger partial charge >= 0.3 is 0 Å². The largest absolute Gasteiger partial charge is 0.346 e. The first-order valence-corrected chi connectivity index (χ1v) is 7.09. The van der Waals surface area contributed by atoms with Crippen LogP contribution < -0.4 is 10.6 Å². The van der Waals surface area contributed by atoms with Gasteiger partial charge in [0.1, 0.15) is 0 Å². The van der Waals surface area contributed by atoms with Crippen molar-refractivity contribution in [3.8, 4) is 0 Å². The molecule has 0 saturated carbocycles. The van der Waals surface area contributed by atoms with Gasteiger partial charge in [-0.15, -0.1) is 22.7 Å². The van der Waals surface area contributed by atoms with E-state index < -0.39 is 0 Å². The number of anilines is 1. The van der Waals surface area contributed by atoms with E-state index in [0.29, 0.717) is 0 Å². The molecule has 0 aliphatic carbocycles. The van der Waals surface area contributed by atoms with Crippen LogP contribution in [0.4, 0.5) is 5.13 Å². The third kappa shape index (κ3) is 2.83. The summed E-state index contributed by atoms with van der Waals surface area (Å²) in [6, 6.07) is 0.0554. The fraction of sp³-hybridized carbons (Fsp3) is 0.455. The van der Waals surface area contributed by atoms with Crippen molar-refractivity contribution in [2.45, 2.75) is 26.4 Å². The first-order chi connectivity index (χ1) is 8.08. The van der Waals surface area contributed by atoms with Crippen LogP contribution in [0.2, 0.25) is 0 Å². The molecular formula is C11H16N4S2. The van der Waals surface area contributed by atoms with Crippen molar-refractivity contribution >= 4 is 27.8 Å². The molecule has 6 heteroatoms. The highest BCUT2D eigenvalue weighted by atomic mass is 32.1. The fourth-order valence-corrected chi connectivity index (χ4v) is 3.08. The SMILES string of the molecule is Cc1ncsc1CN(C)c1ncc(C(C)N)s1. The fourth-order valence-electron chi connectivity index (χ4n) is 1.42. The molecule has 2 aromatic rings. The first kappa shape index (κ1) is 12.5. The minimum Gasteiger partial charge on any atom is -0.346 e. The molecule has 2 rings (SSSR count). The maximum atomic E-state index is 5.83. The quantitative estimate of drug-likeness (QED) is 0.926. The van der Waals surface area contributed by atoms with Gasteiger partial charge in [0.2, 0.25) is 0 Å². The Bertz CT molecular complexity index is 489. The first-order valence-electron chi connectivity index (χ1n) is 5.39. The zero-order valence-electron chi connectivity index (χ0n) is 10.2. The predicted octanol–water partition coefficient (Wildman–Crippen LogP) is 2.56. The molecule has 0 aromatic carbocycles. The van der Waals surface area contributed by atoms with Crippen molar-refractivity contribution in [3.63, 3.8) is 0 Å². The average Bonchev–Trinajstić information content (AvgIpc) is 2.88. The summed E-state index contributed by atoms with van der Waals surface area (Å²) in [6.07, 6.45) is 1.86. The summed E-state index contributed by atoms with van der Waals surface area (Å²) < 4.78 is 0. The molecule has 1 unspecified atom stereocenters. The number of hydrogen-bond donors (Lipinski definition) is 1. The van der Waals surface area contributed by atoms with E-state index in [1.807, 2.05) is 32.6 Å². The summed E-state index contributed by atoms with van der Waals surface area (Å²) >= 11 is 3.34. The van der Waals surface area contributed by atoms with E-state index in [0.717, 1.165) is 22.2 Å². The molecule has 0 radical (unpaired) electrons. The van der Waals surface area contributed by atoms with Crippen LogP contribution in [0.25, 0.3) is 0 Å². The molecule has 2 N–H and O–H groups in total. The second kappa shape index (κ2) is 5.12. The van der Waals surface area contributed by atoms with Crippen LogP contribution in [-0.4, -0.2) is 17.0 Å². The topological polar surface area (TPSA) is 55.0 Å². The molecule has 2 aromatic heterocycles. The lowest BCUT2D eigenvalue weighted by Crippen LogP contribution is -2.15. The lowest BCUT2D eigenvalue weighted by atomic mass is 10.3. The van der Waals surface area contributed by atoms with E-state index in [1.165, 1.54) is 4.88 Å². The molecule has 92 valence electrons. The normalized spacial score (nSPS) is 12.7. The minimum absolute atomic E-state index is 0.0554. The van der Waals surface area contributed by atoms with Crippen LogP contribution in [0, 0.1) is 6.92 Å². The Labute approximate surface area is 109 Å². The van der Waals surface area contributed by atoms with Crippen LogP contribution in [0.15, 0.2) is 11.7 Å². The highest BCUT2D eigenvalue weighted by Gasteiger charge is 2.11. The smallest absolute Gasteiger partial charge is 0.185 e. The van der Waals surface area contributed by atoms with Crippen molar-refractivity contribution in [1.29, 1.82) is 0 Å². The standard InChI is InChI=1S/C11H16N4S2/c1-7(12)9-4-13-11(17-9)15(3)5-10-8(2)14-6-16-10/h4,6-7H,5,12H2,1-3H3. The molecule has 0 saturated heterocycles. The van der Waals surface area contributed by atoms with E-state index in [4.69, 9.17) is 5.73 Å². The van der Waals surface area contributed by atoms with Crippen LogP contribution in [-0.2, 0) is 6.54 Å². The van der Waals surface area contributed by atoms with Gasteiger partial charge < -0.3 is 10.6 Å². The van der Waals surface area contributed by atoms with Gasteiger partial charge in [0.15, 0.2) is 5.13 Å². The van der Waals surface area contributed by atoms with Crippen molar-refractivity contribution in [2.24, 2.45) is 5.73 Å². The number of nitrogens with zero attached hydrogens (tertiary/aromatic N) is 3. The summed E-state index contributed by atoms with van der Waals surface area (Å²) in [5.41, 5.74) is 8.82. The molecule has 0 amide bonds. The van der Waals surface area contributed by atoms with E-state index in [1.54, 1.807) is 22.7 Å². The van der Waals surface area contributed by atoms with Crippen molar-refractivity contribution < 1.29 is 0 Å². The minimum atomic E-state index is 0.0554. The third-order valence-corrected chi connectivity index (χ3v) is 4.74. The zero-order valence-corrected chi connectivity index (χ0v) is 11.8. The Morgan fingerprint density at radius 1 is 1.47 bits per heavy atom. The Hall–Kier alpha value is -0.980. The zero-order chi connectivity index (χ0) is 12.4. The molecule has 0 aliphatic heterocycles. The van der Waals surface area contributed by atoms with Crippen molar-refractivity contribution in [3.05, 3.63) is 27.2 Å². The van der Waals surface area contributed by atoms with E-state index in [2.05, 4.69) is 14.9 Å². The Balaban J connectivity index is 2.09. The summed E-state index contributed by atoms with van der Waals surface area (Å²) in [5.74, 6) is 0. The predicted molar refractivity (Wildman–Crippen MR) is 73.7 cm³/mol. The van der Waals surface area contributed by atoms with Gasteiger partial charge in [0, 0.05) is 29.0 Å². The average molecular weight is 268 g/mol. The second-order valence-electron chi connectivity index (χ2n) is 4.05. The summed E-state index contributed by atoms with van der Waals surface area (Å²) in [7, 11) is 2.04. The van der Waals surface area contributed by atoms with E-state index >= 15 is 0 Å². The maximum Gasteiger partial charge on any atom is 0.185 e. The summed E-state index contributed by atoms with van der Waals surface area (Å²) in [5, 5.41) is 1.00. The maximum absolute atomic E-state index is 5.83. The van der Waals surface area contributed by atoms with Gasteiger partial charge in [-0.2, -0.15) is 0 Å². The van der Waals surface area contributed by atoms with Gasteiger partial charge in [-0.25, -0.2) is 9.97 Å². The lowest BCUT2D eigenvalue weighted by molar-refractivity contribution is 0.835. The van der Waals surface area contributed by atoms with Crippen LogP contribution in [0.1, 0.15) is 28.4 Å². The number of aryl methyl sites for hydroxylation is 1. The molecule has 2 heterocycles. The molecule has 0 aliphatic rings. The van der Waals surface area contributed by atoms with Crippen LogP contribution >= 0.6 is 22.7 Å². The number of aromatic nitrogens is 2. The summed E-state index contributed by atoms with van der Waals surface area (Å²) in [4.78, 5) is 13.2. The van der Waals surface area contributed by atoms with Crippen LogP contribution in [0.5, 0.6) is 0 Å². The second-order valence-corrected chi connectivity index (χ2v) is 6.03. The van der Waals surface area contributed by atoms with Crippen molar-refractivity contribution in [2.75, 3.05) is 11.9 Å². The van der Waals surface area contributed by atoms with Gasteiger partial charge in [0.05, 0.1) is 17.7 Å². The molecule has 0 bridgehead atoms. The molecule has 17 heavy (non-hydrogen) atoms. The molecule has 4 nitrogen and oxygen atoms in total. The van der Waals surface area contributed by atoms with E-state index in [-0.39, 0.29) is 6.04 Å². The molecule has 0 spiro atoms. The molecule has 0 fully saturated rings. The number of hydrogen-bond acceptors (Lipinski definition) is 6. The Morgan fingerprint density at radius 3 is 2.76 bits per heavy atom. The van der Waals surface area contributed by atoms with Crippen molar-refractivity contribution in [1.82, 2.24) is 9.97 Å². The Morgan fingerprint density at radius 2 is 2.24 bits per heavy atom. The van der Waals surface area contributed by atoms with E-state index in [9.17, 15) is 0 Å². The van der Waals surface area contributed by atoms with Gasteiger partial charge in [-0.05, 0) is 13.8 Å². The number of nitrogens with two attached hydrogens (primary N) is 1. The number of rotatable bonds is 4. The Kier molecular flexibility index (Phi) is 3.76. The number of thiazole rings is 2. The lowest BCUT2D eigenvalue weighted by Gasteiger charge is -2.14. The van der Waals surface area contributed by atoms with Gasteiger partial charge in [-0.3, -0.25) is 0 Å². The van der Waals surface area contributed by atoms with Crippen LogP contribution in [0.3, 0.4) is 0 Å². The highest BCUT2D eigenvalue weighted by Crippen LogP contribution is 2.27. The highest BCUT2D eigenvalue weighted by molar-refractivity contribution is 7.15. The monoisotopic (exact) mass is 268 g/mol. The molecular weight excluding hydrogens is 252 g/mol. The summed E-state index contributed by atoms with van der Waals surface area (Å²) in [6.45, 7) is 4.86. The third-order valence-electron chi connectivity index (χ3n) is 2.51. The van der Waals surface area contributed by atoms with Gasteiger partial charge in [-0.1, -0.05) is 0 Å².